The monoisotopic (exact) mass is 247 g/mol. The van der Waals surface area contributed by atoms with Gasteiger partial charge in [0.2, 0.25) is 0 Å². The first-order chi connectivity index (χ1) is 8.63. The van der Waals surface area contributed by atoms with Crippen molar-refractivity contribution in [2.24, 2.45) is 5.41 Å². The van der Waals surface area contributed by atoms with Crippen LogP contribution in [0.1, 0.15) is 44.2 Å². The number of aliphatic hydroxyl groups is 1. The molecule has 2 aliphatic rings. The topological polar surface area (TPSA) is 68.0 Å². The van der Waals surface area contributed by atoms with Gasteiger partial charge in [-0.25, -0.2) is 0 Å². The molecule has 3 rings (SSSR count). The quantitative estimate of drug-likeness (QED) is 0.857. The predicted molar refractivity (Wildman–Crippen MR) is 64.6 cm³/mol. The van der Waals surface area contributed by atoms with E-state index in [1.54, 1.807) is 6.20 Å². The molecule has 1 heterocycles. The van der Waals surface area contributed by atoms with Gasteiger partial charge in [-0.15, -0.1) is 0 Å². The molecule has 1 fully saturated rings. The zero-order chi connectivity index (χ0) is 12.8. The number of fused-ring (bicyclic) bond motifs is 1. The second kappa shape index (κ2) is 4.02. The Hall–Kier alpha value is -1.49. The Balaban J connectivity index is 1.95. The highest BCUT2D eigenvalue weighted by Gasteiger charge is 2.46. The second-order valence-corrected chi connectivity index (χ2v) is 5.43. The maximum absolute atomic E-state index is 11.5. The molecular weight excluding hydrogens is 230 g/mol. The van der Waals surface area contributed by atoms with E-state index >= 15 is 0 Å². The minimum absolute atomic E-state index is 0.0459. The fourth-order valence-corrected chi connectivity index (χ4v) is 3.36. The molecule has 0 bridgehead atoms. The molecule has 1 saturated carbocycles. The van der Waals surface area contributed by atoms with Gasteiger partial charge in [0, 0.05) is 12.3 Å². The summed E-state index contributed by atoms with van der Waals surface area (Å²) in [6, 6.07) is 0. The van der Waals surface area contributed by atoms with Crippen molar-refractivity contribution >= 4 is 5.78 Å². The van der Waals surface area contributed by atoms with E-state index in [0.717, 1.165) is 25.0 Å². The van der Waals surface area contributed by atoms with Crippen molar-refractivity contribution in [2.45, 2.75) is 45.3 Å². The van der Waals surface area contributed by atoms with Crippen molar-refractivity contribution in [3.8, 4) is 0 Å². The third-order valence-corrected chi connectivity index (χ3v) is 4.47. The third-order valence-electron chi connectivity index (χ3n) is 4.47. The summed E-state index contributed by atoms with van der Waals surface area (Å²) in [6.07, 6.45) is 7.09. The van der Waals surface area contributed by atoms with Gasteiger partial charge >= 0.3 is 0 Å². The lowest BCUT2D eigenvalue weighted by Crippen LogP contribution is -2.27. The second-order valence-electron chi connectivity index (χ2n) is 5.43. The number of ketones is 1. The first kappa shape index (κ1) is 11.6. The zero-order valence-corrected chi connectivity index (χ0v) is 10.5. The molecule has 1 N–H and O–H groups in total. The fraction of sp³-hybridized carbons (Fsp3) is 0.615. The minimum Gasteiger partial charge on any atom is -0.373 e. The van der Waals surface area contributed by atoms with Crippen LogP contribution in [0.25, 0.3) is 0 Å². The van der Waals surface area contributed by atoms with Crippen LogP contribution in [-0.4, -0.2) is 25.9 Å². The smallest absolute Gasteiger partial charge is 0.155 e. The van der Waals surface area contributed by atoms with Crippen LogP contribution in [0.3, 0.4) is 0 Å². The molecule has 1 aromatic heterocycles. The van der Waals surface area contributed by atoms with Gasteiger partial charge in [-0.05, 0) is 30.8 Å². The van der Waals surface area contributed by atoms with Crippen LogP contribution in [0, 0.1) is 5.41 Å². The molecule has 0 unspecified atom stereocenters. The molecule has 0 spiro atoms. The molecule has 0 radical (unpaired) electrons. The molecule has 2 aliphatic carbocycles. The Morgan fingerprint density at radius 3 is 3.11 bits per heavy atom. The first-order valence-corrected chi connectivity index (χ1v) is 6.38. The van der Waals surface area contributed by atoms with Gasteiger partial charge in [-0.2, -0.15) is 15.0 Å². The lowest BCUT2D eigenvalue weighted by atomic mass is 9.69. The standard InChI is InChI=1S/C13H17N3O2/c1-13-5-4-10(18)6-9(13)2-3-11(13)12-7-14-16(8-17)15-12/h6-7,11,17H,2-5,8H2,1H3/t11-,13+/m1/s1. The van der Waals surface area contributed by atoms with Crippen LogP contribution in [0.5, 0.6) is 0 Å². The normalized spacial score (nSPS) is 31.3. The van der Waals surface area contributed by atoms with Crippen molar-refractivity contribution in [1.82, 2.24) is 15.0 Å². The van der Waals surface area contributed by atoms with Crippen LogP contribution in [-0.2, 0) is 11.5 Å². The molecule has 1 aromatic rings. The van der Waals surface area contributed by atoms with Crippen LogP contribution in [0.15, 0.2) is 17.8 Å². The fourth-order valence-electron chi connectivity index (χ4n) is 3.36. The lowest BCUT2D eigenvalue weighted by Gasteiger charge is -2.34. The van der Waals surface area contributed by atoms with Crippen molar-refractivity contribution < 1.29 is 9.90 Å². The van der Waals surface area contributed by atoms with Gasteiger partial charge in [0.15, 0.2) is 12.5 Å². The van der Waals surface area contributed by atoms with Gasteiger partial charge < -0.3 is 5.11 Å². The minimum atomic E-state index is -0.190. The highest BCUT2D eigenvalue weighted by atomic mass is 16.3. The van der Waals surface area contributed by atoms with Gasteiger partial charge in [0.05, 0.1) is 11.9 Å². The highest BCUT2D eigenvalue weighted by Crippen LogP contribution is 2.56. The van der Waals surface area contributed by atoms with Crippen LogP contribution < -0.4 is 0 Å². The maximum atomic E-state index is 11.5. The van der Waals surface area contributed by atoms with Crippen LogP contribution in [0.2, 0.25) is 0 Å². The van der Waals surface area contributed by atoms with E-state index in [2.05, 4.69) is 17.1 Å². The van der Waals surface area contributed by atoms with Crippen molar-refractivity contribution in [1.29, 1.82) is 0 Å². The van der Waals surface area contributed by atoms with Gasteiger partial charge in [0.25, 0.3) is 0 Å². The Labute approximate surface area is 105 Å². The number of carbonyl (C=O) groups is 1. The summed E-state index contributed by atoms with van der Waals surface area (Å²) in [5.74, 6) is 0.569. The summed E-state index contributed by atoms with van der Waals surface area (Å²) in [7, 11) is 0. The summed E-state index contributed by atoms with van der Waals surface area (Å²) in [4.78, 5) is 12.8. The van der Waals surface area contributed by atoms with Crippen LogP contribution >= 0.6 is 0 Å². The first-order valence-electron chi connectivity index (χ1n) is 6.38. The van der Waals surface area contributed by atoms with Crippen molar-refractivity contribution in [3.05, 3.63) is 23.5 Å². The van der Waals surface area contributed by atoms with Crippen molar-refractivity contribution in [2.75, 3.05) is 0 Å². The predicted octanol–water partition coefficient (Wildman–Crippen LogP) is 1.40. The molecular formula is C13H17N3O2. The van der Waals surface area contributed by atoms with Gasteiger partial charge in [-0.3, -0.25) is 4.79 Å². The van der Waals surface area contributed by atoms with E-state index in [1.165, 1.54) is 10.4 Å². The number of hydrogen-bond donors (Lipinski definition) is 1. The third kappa shape index (κ3) is 1.61. The molecule has 0 amide bonds. The van der Waals surface area contributed by atoms with E-state index in [-0.39, 0.29) is 17.9 Å². The summed E-state index contributed by atoms with van der Waals surface area (Å²) >= 11 is 0. The number of aliphatic hydroxyl groups excluding tert-OH is 1. The lowest BCUT2D eigenvalue weighted by molar-refractivity contribution is -0.115. The number of carbonyl (C=O) groups excluding carboxylic acids is 1. The summed E-state index contributed by atoms with van der Waals surface area (Å²) in [5.41, 5.74) is 2.25. The average molecular weight is 247 g/mol. The van der Waals surface area contributed by atoms with Gasteiger partial charge in [-0.1, -0.05) is 12.5 Å². The number of rotatable bonds is 2. The van der Waals surface area contributed by atoms with E-state index in [1.807, 2.05) is 6.08 Å². The largest absolute Gasteiger partial charge is 0.373 e. The Kier molecular flexibility index (Phi) is 2.59. The SMILES string of the molecule is C[C@]12CCC(=O)C=C1CC[C@@H]2c1cnn(CO)n1. The molecule has 0 aromatic carbocycles. The molecule has 5 heteroatoms. The van der Waals surface area contributed by atoms with Crippen LogP contribution in [0.4, 0.5) is 0 Å². The summed E-state index contributed by atoms with van der Waals surface area (Å²) in [5, 5.41) is 17.3. The zero-order valence-electron chi connectivity index (χ0n) is 10.5. The maximum Gasteiger partial charge on any atom is 0.155 e. The van der Waals surface area contributed by atoms with Crippen molar-refractivity contribution in [3.63, 3.8) is 0 Å². The Morgan fingerprint density at radius 1 is 1.56 bits per heavy atom. The Morgan fingerprint density at radius 2 is 2.39 bits per heavy atom. The molecule has 18 heavy (non-hydrogen) atoms. The van der Waals surface area contributed by atoms with Gasteiger partial charge in [0.1, 0.15) is 0 Å². The number of aromatic nitrogens is 3. The summed E-state index contributed by atoms with van der Waals surface area (Å²) < 4.78 is 0. The van der Waals surface area contributed by atoms with E-state index < -0.39 is 0 Å². The number of allylic oxidation sites excluding steroid dienone is 2. The van der Waals surface area contributed by atoms with E-state index in [9.17, 15) is 4.79 Å². The molecule has 96 valence electrons. The molecule has 2 atom stereocenters. The molecule has 0 aliphatic heterocycles. The highest BCUT2D eigenvalue weighted by molar-refractivity contribution is 5.91. The Bertz CT molecular complexity index is 520. The van der Waals surface area contributed by atoms with E-state index in [0.29, 0.717) is 12.3 Å². The number of hydrogen-bond acceptors (Lipinski definition) is 4. The number of nitrogens with zero attached hydrogens (tertiary/aromatic N) is 3. The molecule has 5 nitrogen and oxygen atoms in total. The summed E-state index contributed by atoms with van der Waals surface area (Å²) in [6.45, 7) is 2.03. The average Bonchev–Trinajstić information content (AvgIpc) is 2.93. The molecule has 0 saturated heterocycles. The van der Waals surface area contributed by atoms with E-state index in [4.69, 9.17) is 5.11 Å².